The Morgan fingerprint density at radius 1 is 1.24 bits per heavy atom. The Bertz CT molecular complexity index is 1270. The smallest absolute Gasteiger partial charge is 0.384 e. The standard InChI is InChI=1S/C23H27F3N4O5S2/c1-37(34,35)21-29-12-18(36-21)22(33)7-5-16(6-8-22)30(17-10-27-11-17)19(31)13-28-20(32)14-3-2-4-15(9-14)23(24,25)26/h2-4,9,12,16-17,27,33H,5-8,10-11,13H2,1H3,(H,28,32). The number of aromatic nitrogens is 1. The Morgan fingerprint density at radius 3 is 2.46 bits per heavy atom. The molecule has 1 aliphatic carbocycles. The summed E-state index contributed by atoms with van der Waals surface area (Å²) in [4.78, 5) is 31.7. The predicted octanol–water partition coefficient (Wildman–Crippen LogP) is 1.93. The van der Waals surface area contributed by atoms with Gasteiger partial charge in [-0.25, -0.2) is 13.4 Å². The second-order valence-corrected chi connectivity index (χ2v) is 12.6. The van der Waals surface area contributed by atoms with Gasteiger partial charge in [0.2, 0.25) is 20.1 Å². The van der Waals surface area contributed by atoms with Crippen molar-refractivity contribution in [3.8, 4) is 0 Å². The molecule has 202 valence electrons. The largest absolute Gasteiger partial charge is 0.416 e. The summed E-state index contributed by atoms with van der Waals surface area (Å²) >= 11 is 0.937. The van der Waals surface area contributed by atoms with Crippen molar-refractivity contribution in [2.75, 3.05) is 25.9 Å². The van der Waals surface area contributed by atoms with Gasteiger partial charge in [-0.2, -0.15) is 13.2 Å². The van der Waals surface area contributed by atoms with Gasteiger partial charge in [0.25, 0.3) is 5.91 Å². The minimum absolute atomic E-state index is 0.0630. The lowest BCUT2D eigenvalue weighted by Crippen LogP contribution is -2.63. The number of thiazole rings is 1. The van der Waals surface area contributed by atoms with Gasteiger partial charge in [-0.05, 0) is 43.9 Å². The van der Waals surface area contributed by atoms with E-state index in [4.69, 9.17) is 0 Å². The van der Waals surface area contributed by atoms with Gasteiger partial charge in [-0.3, -0.25) is 9.59 Å². The summed E-state index contributed by atoms with van der Waals surface area (Å²) in [6, 6.07) is 3.67. The molecule has 9 nitrogen and oxygen atoms in total. The highest BCUT2D eigenvalue weighted by atomic mass is 32.2. The molecule has 1 aromatic heterocycles. The molecule has 2 fully saturated rings. The maximum Gasteiger partial charge on any atom is 0.416 e. The molecule has 2 aromatic rings. The first-order valence-corrected chi connectivity index (χ1v) is 14.3. The quantitative estimate of drug-likeness (QED) is 0.472. The molecule has 1 saturated carbocycles. The zero-order valence-electron chi connectivity index (χ0n) is 19.9. The second-order valence-electron chi connectivity index (χ2n) is 9.40. The van der Waals surface area contributed by atoms with Gasteiger partial charge < -0.3 is 20.6 Å². The maximum absolute atomic E-state index is 13.2. The van der Waals surface area contributed by atoms with E-state index in [0.29, 0.717) is 43.6 Å². The topological polar surface area (TPSA) is 129 Å². The van der Waals surface area contributed by atoms with Gasteiger partial charge in [0.05, 0.1) is 23.0 Å². The number of carbonyl (C=O) groups excluding carboxylic acids is 2. The number of carbonyl (C=O) groups is 2. The normalized spacial score (nSPS) is 22.8. The zero-order valence-corrected chi connectivity index (χ0v) is 21.5. The summed E-state index contributed by atoms with van der Waals surface area (Å²) in [7, 11) is -3.49. The van der Waals surface area contributed by atoms with Crippen molar-refractivity contribution in [3.63, 3.8) is 0 Å². The third-order valence-electron chi connectivity index (χ3n) is 6.73. The molecule has 14 heteroatoms. The summed E-state index contributed by atoms with van der Waals surface area (Å²) < 4.78 is 62.3. The highest BCUT2D eigenvalue weighted by Crippen LogP contribution is 2.42. The Balaban J connectivity index is 1.40. The number of hydrogen-bond donors (Lipinski definition) is 3. The molecular weight excluding hydrogens is 533 g/mol. The molecule has 4 rings (SSSR count). The molecule has 2 heterocycles. The summed E-state index contributed by atoms with van der Waals surface area (Å²) in [6.45, 7) is 0.764. The van der Waals surface area contributed by atoms with Crippen LogP contribution in [0.3, 0.4) is 0 Å². The number of benzene rings is 1. The fourth-order valence-electron chi connectivity index (χ4n) is 4.61. The van der Waals surface area contributed by atoms with E-state index in [1.807, 2.05) is 0 Å². The predicted molar refractivity (Wildman–Crippen MR) is 129 cm³/mol. The van der Waals surface area contributed by atoms with Crippen molar-refractivity contribution < 1.29 is 36.3 Å². The Kier molecular flexibility index (Phi) is 7.66. The van der Waals surface area contributed by atoms with Gasteiger partial charge >= 0.3 is 6.18 Å². The van der Waals surface area contributed by atoms with E-state index < -0.39 is 33.1 Å². The van der Waals surface area contributed by atoms with Crippen molar-refractivity contribution in [2.24, 2.45) is 0 Å². The van der Waals surface area contributed by atoms with E-state index >= 15 is 0 Å². The van der Waals surface area contributed by atoms with Gasteiger partial charge in [0.15, 0.2) is 0 Å². The molecule has 0 bridgehead atoms. The summed E-state index contributed by atoms with van der Waals surface area (Å²) in [5.74, 6) is -1.14. The van der Waals surface area contributed by atoms with Crippen molar-refractivity contribution in [3.05, 3.63) is 46.5 Å². The van der Waals surface area contributed by atoms with Crippen LogP contribution >= 0.6 is 11.3 Å². The van der Waals surface area contributed by atoms with E-state index in [0.717, 1.165) is 35.8 Å². The van der Waals surface area contributed by atoms with Crippen LogP contribution < -0.4 is 10.6 Å². The van der Waals surface area contributed by atoms with Gasteiger partial charge in [0.1, 0.15) is 5.60 Å². The number of hydrogen-bond acceptors (Lipinski definition) is 8. The molecule has 3 N–H and O–H groups in total. The van der Waals surface area contributed by atoms with Crippen LogP contribution in [0.1, 0.15) is 46.5 Å². The van der Waals surface area contributed by atoms with Crippen LogP contribution in [0.4, 0.5) is 13.2 Å². The molecule has 1 aromatic carbocycles. The monoisotopic (exact) mass is 560 g/mol. The lowest BCUT2D eigenvalue weighted by Gasteiger charge is -2.46. The van der Waals surface area contributed by atoms with Crippen molar-refractivity contribution in [1.82, 2.24) is 20.5 Å². The highest BCUT2D eigenvalue weighted by Gasteiger charge is 2.42. The van der Waals surface area contributed by atoms with Crippen LogP contribution in [0.15, 0.2) is 34.8 Å². The molecule has 0 radical (unpaired) electrons. The van der Waals surface area contributed by atoms with E-state index in [9.17, 15) is 36.3 Å². The number of halogens is 3. The molecule has 37 heavy (non-hydrogen) atoms. The van der Waals surface area contributed by atoms with Crippen LogP contribution in [0.2, 0.25) is 0 Å². The fraction of sp³-hybridized carbons (Fsp3) is 0.522. The lowest BCUT2D eigenvalue weighted by atomic mass is 9.80. The number of nitrogens with zero attached hydrogens (tertiary/aromatic N) is 2. The summed E-state index contributed by atoms with van der Waals surface area (Å²) in [6.07, 6.45) is -0.664. The Morgan fingerprint density at radius 2 is 1.92 bits per heavy atom. The molecule has 1 aliphatic heterocycles. The second kappa shape index (κ2) is 10.3. The third kappa shape index (κ3) is 6.13. The van der Waals surface area contributed by atoms with E-state index in [2.05, 4.69) is 15.6 Å². The van der Waals surface area contributed by atoms with Crippen molar-refractivity contribution in [2.45, 2.75) is 53.9 Å². The van der Waals surface area contributed by atoms with Crippen LogP contribution in [-0.2, 0) is 26.4 Å². The Hall–Kier alpha value is -2.55. The number of alkyl halides is 3. The zero-order chi connectivity index (χ0) is 27.0. The van der Waals surface area contributed by atoms with Gasteiger partial charge in [-0.15, -0.1) is 11.3 Å². The molecule has 2 aliphatic rings. The van der Waals surface area contributed by atoms with Crippen LogP contribution in [-0.4, -0.2) is 73.2 Å². The average molecular weight is 561 g/mol. The maximum atomic E-state index is 13.2. The number of nitrogens with one attached hydrogen (secondary N) is 2. The van der Waals surface area contributed by atoms with Gasteiger partial charge in [-0.1, -0.05) is 6.07 Å². The SMILES string of the molecule is CS(=O)(=O)c1ncc(C2(O)CCC(N(C(=O)CNC(=O)c3cccc(C(F)(F)F)c3)C3CNC3)CC2)s1. The minimum atomic E-state index is -4.59. The van der Waals surface area contributed by atoms with E-state index in [1.165, 1.54) is 12.3 Å². The molecule has 0 spiro atoms. The number of rotatable bonds is 7. The van der Waals surface area contributed by atoms with Crippen LogP contribution in [0.5, 0.6) is 0 Å². The molecule has 1 saturated heterocycles. The Labute approximate surface area is 216 Å². The molecular formula is C23H27F3N4O5S2. The van der Waals surface area contributed by atoms with Crippen LogP contribution in [0.25, 0.3) is 0 Å². The lowest BCUT2D eigenvalue weighted by molar-refractivity contribution is -0.139. The molecule has 0 unspecified atom stereocenters. The highest BCUT2D eigenvalue weighted by molar-refractivity contribution is 7.92. The third-order valence-corrected chi connectivity index (χ3v) is 9.61. The first kappa shape index (κ1) is 27.5. The summed E-state index contributed by atoms with van der Waals surface area (Å²) in [5, 5.41) is 16.7. The summed E-state index contributed by atoms with van der Waals surface area (Å²) in [5.41, 5.74) is -2.39. The molecule has 0 atom stereocenters. The number of aliphatic hydroxyl groups is 1. The average Bonchev–Trinajstić information content (AvgIpc) is 3.32. The van der Waals surface area contributed by atoms with E-state index in [-0.39, 0.29) is 34.4 Å². The van der Waals surface area contributed by atoms with Crippen molar-refractivity contribution >= 4 is 33.0 Å². The number of sulfone groups is 1. The van der Waals surface area contributed by atoms with E-state index in [1.54, 1.807) is 4.90 Å². The number of amides is 2. The minimum Gasteiger partial charge on any atom is -0.384 e. The first-order valence-electron chi connectivity index (χ1n) is 11.6. The van der Waals surface area contributed by atoms with Crippen LogP contribution in [0, 0.1) is 0 Å². The van der Waals surface area contributed by atoms with Gasteiger partial charge in [0, 0.05) is 37.1 Å². The first-order chi connectivity index (χ1) is 17.3. The molecule has 2 amide bonds. The fourth-order valence-corrected chi connectivity index (χ4v) is 6.52. The van der Waals surface area contributed by atoms with Crippen molar-refractivity contribution in [1.29, 1.82) is 0 Å².